The molecule has 0 fully saturated rings. The first-order valence-corrected chi connectivity index (χ1v) is 4.19. The van der Waals surface area contributed by atoms with Crippen LogP contribution in [0.1, 0.15) is 13.8 Å². The minimum atomic E-state index is 0.523. The average Bonchev–Trinajstić information content (AvgIpc) is 1.65. The molecule has 7 heavy (non-hydrogen) atoms. The van der Waals surface area contributed by atoms with E-state index in [9.17, 15) is 0 Å². The summed E-state index contributed by atoms with van der Waals surface area (Å²) < 4.78 is 0. The highest BCUT2D eigenvalue weighted by atomic mass is 32.2. The van der Waals surface area contributed by atoms with Crippen molar-refractivity contribution in [2.24, 2.45) is 0 Å². The van der Waals surface area contributed by atoms with E-state index in [2.05, 4.69) is 32.7 Å². The molecule has 0 aromatic rings. The van der Waals surface area contributed by atoms with Gasteiger partial charge in [-0.25, -0.2) is 0 Å². The molecule has 0 heterocycles. The van der Waals surface area contributed by atoms with Crippen LogP contribution in [0.2, 0.25) is 0 Å². The van der Waals surface area contributed by atoms with Crippen molar-refractivity contribution in [2.45, 2.75) is 24.3 Å². The van der Waals surface area contributed by atoms with Gasteiger partial charge in [0.15, 0.2) is 0 Å². The topological polar surface area (TPSA) is 0 Å². The largest absolute Gasteiger partial charge is 0.175 e. The van der Waals surface area contributed by atoms with Gasteiger partial charge in [0, 0.05) is 10.5 Å². The molecule has 2 atom stereocenters. The fourth-order valence-corrected chi connectivity index (χ4v) is 0.956. The van der Waals surface area contributed by atoms with Crippen molar-refractivity contribution in [1.29, 1.82) is 0 Å². The number of rotatable bonds is 2. The van der Waals surface area contributed by atoms with Crippen LogP contribution in [0.3, 0.4) is 0 Å². The molecular formula is C5H12S2. The highest BCUT2D eigenvalue weighted by molar-refractivity contribution is 8.00. The standard InChI is InChI=1S/C5H12S2/c1-4(6)5(2)7-3/h4-6H,1-3H3. The SMILES string of the molecule is CSC(C)C(C)S. The zero-order valence-electron chi connectivity index (χ0n) is 5.01. The summed E-state index contributed by atoms with van der Waals surface area (Å²) in [6.07, 6.45) is 2.11. The van der Waals surface area contributed by atoms with Crippen LogP contribution in [0, 0.1) is 0 Å². The summed E-state index contributed by atoms with van der Waals surface area (Å²) in [4.78, 5) is 0. The maximum atomic E-state index is 4.25. The van der Waals surface area contributed by atoms with Gasteiger partial charge in [-0.2, -0.15) is 24.4 Å². The average molecular weight is 136 g/mol. The molecule has 0 aromatic carbocycles. The lowest BCUT2D eigenvalue weighted by atomic mass is 10.4. The Bertz CT molecular complexity index is 43.3. The van der Waals surface area contributed by atoms with E-state index < -0.39 is 0 Å². The van der Waals surface area contributed by atoms with Crippen LogP contribution in [-0.2, 0) is 0 Å². The van der Waals surface area contributed by atoms with Gasteiger partial charge in [-0.1, -0.05) is 13.8 Å². The Morgan fingerprint density at radius 1 is 1.43 bits per heavy atom. The predicted molar refractivity (Wildman–Crippen MR) is 41.4 cm³/mol. The molecular weight excluding hydrogens is 124 g/mol. The maximum absolute atomic E-state index is 4.25. The third-order valence-electron chi connectivity index (χ3n) is 1.05. The van der Waals surface area contributed by atoms with Gasteiger partial charge in [0.2, 0.25) is 0 Å². The van der Waals surface area contributed by atoms with Crippen LogP contribution >= 0.6 is 24.4 Å². The van der Waals surface area contributed by atoms with E-state index >= 15 is 0 Å². The highest BCUT2D eigenvalue weighted by Gasteiger charge is 2.02. The predicted octanol–water partition coefficient (Wildman–Crippen LogP) is 2.06. The van der Waals surface area contributed by atoms with Crippen molar-refractivity contribution < 1.29 is 0 Å². The first-order valence-electron chi connectivity index (χ1n) is 2.39. The molecule has 0 rings (SSSR count). The summed E-state index contributed by atoms with van der Waals surface area (Å²) in [6.45, 7) is 4.30. The quantitative estimate of drug-likeness (QED) is 0.567. The van der Waals surface area contributed by atoms with Crippen LogP contribution in [0.5, 0.6) is 0 Å². The molecule has 0 aromatic heterocycles. The molecule has 0 nitrogen and oxygen atoms in total. The number of thioether (sulfide) groups is 1. The van der Waals surface area contributed by atoms with Crippen molar-refractivity contribution in [3.8, 4) is 0 Å². The molecule has 0 bridgehead atoms. The molecule has 0 aliphatic carbocycles. The highest BCUT2D eigenvalue weighted by Crippen LogP contribution is 2.13. The third-order valence-corrected chi connectivity index (χ3v) is 2.85. The van der Waals surface area contributed by atoms with Crippen LogP contribution in [0.4, 0.5) is 0 Å². The number of hydrogen-bond donors (Lipinski definition) is 1. The Labute approximate surface area is 55.5 Å². The normalized spacial score (nSPS) is 18.9. The fourth-order valence-electron chi connectivity index (χ4n) is 0.197. The van der Waals surface area contributed by atoms with Crippen molar-refractivity contribution in [2.75, 3.05) is 6.26 Å². The molecule has 0 amide bonds. The van der Waals surface area contributed by atoms with Gasteiger partial charge in [-0.3, -0.25) is 0 Å². The molecule has 2 unspecified atom stereocenters. The molecule has 0 aliphatic heterocycles. The second-order valence-electron chi connectivity index (χ2n) is 1.68. The zero-order chi connectivity index (χ0) is 5.86. The van der Waals surface area contributed by atoms with E-state index in [1.807, 2.05) is 11.8 Å². The van der Waals surface area contributed by atoms with Gasteiger partial charge in [-0.15, -0.1) is 0 Å². The van der Waals surface area contributed by atoms with E-state index in [1.54, 1.807) is 0 Å². The Hall–Kier alpha value is 0.700. The lowest BCUT2D eigenvalue weighted by molar-refractivity contribution is 0.937. The minimum Gasteiger partial charge on any atom is -0.175 e. The molecule has 0 aliphatic rings. The van der Waals surface area contributed by atoms with Gasteiger partial charge < -0.3 is 0 Å². The van der Waals surface area contributed by atoms with Crippen molar-refractivity contribution in [1.82, 2.24) is 0 Å². The summed E-state index contributed by atoms with van der Waals surface area (Å²) in [5, 5.41) is 1.21. The molecule has 2 heteroatoms. The Morgan fingerprint density at radius 2 is 1.86 bits per heavy atom. The van der Waals surface area contributed by atoms with Gasteiger partial charge in [0.1, 0.15) is 0 Å². The van der Waals surface area contributed by atoms with Crippen LogP contribution in [0.25, 0.3) is 0 Å². The van der Waals surface area contributed by atoms with E-state index in [0.29, 0.717) is 10.5 Å². The molecule has 0 N–H and O–H groups in total. The summed E-state index contributed by atoms with van der Waals surface area (Å²) in [7, 11) is 0. The smallest absolute Gasteiger partial charge is 0.0130 e. The summed E-state index contributed by atoms with van der Waals surface area (Å²) in [5.41, 5.74) is 0. The number of thiol groups is 1. The molecule has 0 saturated carbocycles. The molecule has 0 saturated heterocycles. The summed E-state index contributed by atoms with van der Waals surface area (Å²) in [6, 6.07) is 0. The number of hydrogen-bond acceptors (Lipinski definition) is 2. The summed E-state index contributed by atoms with van der Waals surface area (Å²) in [5.74, 6) is 0. The maximum Gasteiger partial charge on any atom is 0.0130 e. The fraction of sp³-hybridized carbons (Fsp3) is 1.00. The third kappa shape index (κ3) is 3.30. The van der Waals surface area contributed by atoms with E-state index in [0.717, 1.165) is 0 Å². The Kier molecular flexibility index (Phi) is 4.04. The molecule has 44 valence electrons. The van der Waals surface area contributed by atoms with Gasteiger partial charge in [0.05, 0.1) is 0 Å². The van der Waals surface area contributed by atoms with Gasteiger partial charge >= 0.3 is 0 Å². The second kappa shape index (κ2) is 3.67. The van der Waals surface area contributed by atoms with E-state index in [-0.39, 0.29) is 0 Å². The lowest BCUT2D eigenvalue weighted by Crippen LogP contribution is -2.07. The van der Waals surface area contributed by atoms with Gasteiger partial charge in [-0.05, 0) is 6.26 Å². The first-order chi connectivity index (χ1) is 3.18. The second-order valence-corrected chi connectivity index (χ2v) is 3.71. The van der Waals surface area contributed by atoms with Crippen molar-refractivity contribution in [3.63, 3.8) is 0 Å². The van der Waals surface area contributed by atoms with Crippen LogP contribution < -0.4 is 0 Å². The molecule has 0 radical (unpaired) electrons. The summed E-state index contributed by atoms with van der Waals surface area (Å²) >= 11 is 6.11. The van der Waals surface area contributed by atoms with E-state index in [4.69, 9.17) is 0 Å². The van der Waals surface area contributed by atoms with E-state index in [1.165, 1.54) is 0 Å². The van der Waals surface area contributed by atoms with Gasteiger partial charge in [0.25, 0.3) is 0 Å². The van der Waals surface area contributed by atoms with Crippen molar-refractivity contribution >= 4 is 24.4 Å². The van der Waals surface area contributed by atoms with Crippen LogP contribution in [-0.4, -0.2) is 16.8 Å². The zero-order valence-corrected chi connectivity index (χ0v) is 6.72. The first kappa shape index (κ1) is 7.70. The minimum absolute atomic E-state index is 0.523. The Morgan fingerprint density at radius 3 is 1.86 bits per heavy atom. The molecule has 0 spiro atoms. The lowest BCUT2D eigenvalue weighted by Gasteiger charge is -2.09. The monoisotopic (exact) mass is 136 g/mol. The van der Waals surface area contributed by atoms with Crippen LogP contribution in [0.15, 0.2) is 0 Å². The van der Waals surface area contributed by atoms with Crippen molar-refractivity contribution in [3.05, 3.63) is 0 Å². The Balaban J connectivity index is 3.14.